The number of thiophene rings is 1. The first-order chi connectivity index (χ1) is 12.5. The van der Waals surface area contributed by atoms with Crippen molar-refractivity contribution in [3.05, 3.63) is 43.0 Å². The minimum atomic E-state index is -4.43. The molecule has 0 spiro atoms. The van der Waals surface area contributed by atoms with E-state index in [1.807, 2.05) is 0 Å². The molecule has 0 bridgehead atoms. The Morgan fingerprint density at radius 1 is 1.07 bits per heavy atom. The maximum absolute atomic E-state index is 12.9. The highest BCUT2D eigenvalue weighted by Gasteiger charge is 2.35. The van der Waals surface area contributed by atoms with E-state index in [1.54, 1.807) is 11.0 Å². The highest BCUT2D eigenvalue weighted by atomic mass is 79.9. The van der Waals surface area contributed by atoms with Crippen LogP contribution in [0.2, 0.25) is 8.67 Å². The van der Waals surface area contributed by atoms with Gasteiger partial charge in [0.1, 0.15) is 13.6 Å². The fourth-order valence-electron chi connectivity index (χ4n) is 2.75. The zero-order valence-electron chi connectivity index (χ0n) is 13.4. The lowest BCUT2D eigenvalue weighted by Crippen LogP contribution is -2.48. The number of anilines is 1. The van der Waals surface area contributed by atoms with Gasteiger partial charge in [-0.05, 0) is 34.1 Å². The van der Waals surface area contributed by atoms with Crippen molar-refractivity contribution < 1.29 is 21.6 Å². The van der Waals surface area contributed by atoms with Crippen LogP contribution in [0.1, 0.15) is 5.56 Å². The van der Waals surface area contributed by atoms with Crippen molar-refractivity contribution in [1.82, 2.24) is 4.31 Å². The molecule has 1 aliphatic heterocycles. The van der Waals surface area contributed by atoms with Crippen LogP contribution in [0, 0.1) is 0 Å². The second-order valence-electron chi connectivity index (χ2n) is 5.73. The van der Waals surface area contributed by atoms with Crippen molar-refractivity contribution in [1.29, 1.82) is 0 Å². The van der Waals surface area contributed by atoms with Crippen LogP contribution < -0.4 is 4.90 Å². The van der Waals surface area contributed by atoms with Crippen molar-refractivity contribution >= 4 is 66.2 Å². The standard InChI is InChI=1S/C15H12BrCl2F3N2O2S2/c16-11-12(14(18)26-13(11)17)27(24,25)23-6-4-22(5-7-23)10-3-1-2-9(8-10)15(19,20)21/h1-3,8H,4-7H2. The van der Waals surface area contributed by atoms with Crippen LogP contribution >= 0.6 is 50.5 Å². The van der Waals surface area contributed by atoms with Gasteiger partial charge in [-0.25, -0.2) is 8.42 Å². The number of nitrogens with zero attached hydrogens (tertiary/aromatic N) is 2. The van der Waals surface area contributed by atoms with Crippen molar-refractivity contribution in [2.75, 3.05) is 31.1 Å². The SMILES string of the molecule is O=S(=O)(c1c(Cl)sc(Cl)c1Br)N1CCN(c2cccc(C(F)(F)F)c2)CC1. The van der Waals surface area contributed by atoms with Gasteiger partial charge in [-0.15, -0.1) is 11.3 Å². The highest BCUT2D eigenvalue weighted by molar-refractivity contribution is 9.10. The van der Waals surface area contributed by atoms with E-state index in [2.05, 4.69) is 15.9 Å². The number of benzene rings is 1. The number of hydrogen-bond donors (Lipinski definition) is 0. The summed E-state index contributed by atoms with van der Waals surface area (Å²) in [7, 11) is -3.87. The first-order valence-electron chi connectivity index (χ1n) is 7.57. The normalized spacial score (nSPS) is 16.7. The Morgan fingerprint density at radius 2 is 1.70 bits per heavy atom. The van der Waals surface area contributed by atoms with Crippen LogP contribution in [-0.2, 0) is 16.2 Å². The zero-order chi connectivity index (χ0) is 20.0. The van der Waals surface area contributed by atoms with Crippen molar-refractivity contribution in [2.45, 2.75) is 11.1 Å². The summed E-state index contributed by atoms with van der Waals surface area (Å²) in [4.78, 5) is 1.64. The van der Waals surface area contributed by atoms with Gasteiger partial charge in [-0.2, -0.15) is 17.5 Å². The van der Waals surface area contributed by atoms with Gasteiger partial charge in [-0.1, -0.05) is 29.3 Å². The van der Waals surface area contributed by atoms with Gasteiger partial charge in [0.25, 0.3) is 0 Å². The number of alkyl halides is 3. The number of hydrogen-bond acceptors (Lipinski definition) is 4. The van der Waals surface area contributed by atoms with Gasteiger partial charge < -0.3 is 4.90 Å². The van der Waals surface area contributed by atoms with Crippen LogP contribution in [0.3, 0.4) is 0 Å². The summed E-state index contributed by atoms with van der Waals surface area (Å²) >= 11 is 16.1. The zero-order valence-corrected chi connectivity index (χ0v) is 18.2. The lowest BCUT2D eigenvalue weighted by molar-refractivity contribution is -0.137. The summed E-state index contributed by atoms with van der Waals surface area (Å²) in [6.07, 6.45) is -4.43. The molecule has 0 N–H and O–H groups in total. The molecule has 1 aromatic carbocycles. The Morgan fingerprint density at radius 3 is 2.22 bits per heavy atom. The first-order valence-corrected chi connectivity index (χ1v) is 11.4. The molecule has 1 fully saturated rings. The molecule has 0 unspecified atom stereocenters. The Balaban J connectivity index is 1.78. The minimum absolute atomic E-state index is 0.0622. The fraction of sp³-hybridized carbons (Fsp3) is 0.333. The molecule has 1 aliphatic rings. The topological polar surface area (TPSA) is 40.6 Å². The minimum Gasteiger partial charge on any atom is -0.369 e. The molecule has 0 amide bonds. The molecule has 1 saturated heterocycles. The van der Waals surface area contributed by atoms with Gasteiger partial charge in [0.05, 0.1) is 10.0 Å². The van der Waals surface area contributed by atoms with E-state index in [1.165, 1.54) is 10.4 Å². The van der Waals surface area contributed by atoms with Crippen LogP contribution in [0.15, 0.2) is 33.6 Å². The fourth-order valence-corrected chi connectivity index (χ4v) is 7.66. The first kappa shape index (κ1) is 21.2. The lowest BCUT2D eigenvalue weighted by atomic mass is 10.1. The molecular formula is C15H12BrCl2F3N2O2S2. The number of halogens is 6. The van der Waals surface area contributed by atoms with Crippen molar-refractivity contribution in [3.63, 3.8) is 0 Å². The van der Waals surface area contributed by atoms with E-state index in [4.69, 9.17) is 23.2 Å². The average Bonchev–Trinajstić information content (AvgIpc) is 2.87. The van der Waals surface area contributed by atoms with Crippen LogP contribution in [0.4, 0.5) is 18.9 Å². The summed E-state index contributed by atoms with van der Waals surface area (Å²) in [6, 6.07) is 4.98. The molecule has 1 aromatic heterocycles. The van der Waals surface area contributed by atoms with Crippen molar-refractivity contribution in [3.8, 4) is 0 Å². The van der Waals surface area contributed by atoms with Gasteiger partial charge in [-0.3, -0.25) is 0 Å². The molecular weight excluding hydrogens is 512 g/mol. The third-order valence-electron chi connectivity index (χ3n) is 4.10. The summed E-state index contributed by atoms with van der Waals surface area (Å²) in [5.74, 6) is 0. The Hall–Kier alpha value is -0.520. The average molecular weight is 524 g/mol. The third-order valence-corrected chi connectivity index (χ3v) is 9.47. The molecule has 0 radical (unpaired) electrons. The van der Waals surface area contributed by atoms with Crippen LogP contribution in [0.5, 0.6) is 0 Å². The Labute approximate surface area is 176 Å². The third kappa shape index (κ3) is 4.25. The largest absolute Gasteiger partial charge is 0.416 e. The molecule has 2 heterocycles. The van der Waals surface area contributed by atoms with Crippen LogP contribution in [0.25, 0.3) is 0 Å². The molecule has 0 saturated carbocycles. The molecule has 3 rings (SSSR count). The van der Waals surface area contributed by atoms with Gasteiger partial charge in [0.2, 0.25) is 10.0 Å². The van der Waals surface area contributed by atoms with Crippen LogP contribution in [-0.4, -0.2) is 38.9 Å². The maximum Gasteiger partial charge on any atom is 0.416 e. The van der Waals surface area contributed by atoms with E-state index >= 15 is 0 Å². The predicted octanol–water partition coefficient (Wildman–Crippen LogP) is 5.35. The van der Waals surface area contributed by atoms with E-state index in [0.29, 0.717) is 5.69 Å². The van der Waals surface area contributed by atoms with E-state index in [-0.39, 0.29) is 44.2 Å². The molecule has 0 atom stereocenters. The second kappa shape index (κ2) is 7.72. The Kier molecular flexibility index (Phi) is 6.06. The van der Waals surface area contributed by atoms with Gasteiger partial charge >= 0.3 is 6.18 Å². The van der Waals surface area contributed by atoms with Crippen molar-refractivity contribution in [2.24, 2.45) is 0 Å². The highest BCUT2D eigenvalue weighted by Crippen LogP contribution is 2.44. The Bertz CT molecular complexity index is 958. The summed E-state index contributed by atoms with van der Waals surface area (Å²) in [6.45, 7) is 0.755. The quantitative estimate of drug-likeness (QED) is 0.544. The molecule has 27 heavy (non-hydrogen) atoms. The molecule has 0 aliphatic carbocycles. The second-order valence-corrected chi connectivity index (χ2v) is 10.6. The van der Waals surface area contributed by atoms with E-state index < -0.39 is 21.8 Å². The molecule has 2 aromatic rings. The lowest BCUT2D eigenvalue weighted by Gasteiger charge is -2.35. The molecule has 148 valence electrons. The number of rotatable bonds is 3. The number of sulfonamides is 1. The maximum atomic E-state index is 12.9. The summed E-state index contributed by atoms with van der Waals surface area (Å²) in [5, 5.41) is 0. The summed E-state index contributed by atoms with van der Waals surface area (Å²) < 4.78 is 66.2. The van der Waals surface area contributed by atoms with E-state index in [0.717, 1.165) is 23.5 Å². The molecule has 12 heteroatoms. The number of piperazine rings is 1. The van der Waals surface area contributed by atoms with Gasteiger partial charge in [0, 0.05) is 31.9 Å². The summed E-state index contributed by atoms with van der Waals surface area (Å²) in [5.41, 5.74) is -0.335. The predicted molar refractivity (Wildman–Crippen MR) is 104 cm³/mol. The van der Waals surface area contributed by atoms with Gasteiger partial charge in [0.15, 0.2) is 0 Å². The smallest absolute Gasteiger partial charge is 0.369 e. The van der Waals surface area contributed by atoms with E-state index in [9.17, 15) is 21.6 Å². The monoisotopic (exact) mass is 522 g/mol. The molecule has 4 nitrogen and oxygen atoms in total.